The zero-order chi connectivity index (χ0) is 18.7. The summed E-state index contributed by atoms with van der Waals surface area (Å²) in [5, 5.41) is 3.76. The first kappa shape index (κ1) is 18.6. The van der Waals surface area contributed by atoms with Crippen LogP contribution < -0.4 is 15.0 Å². The molecule has 27 heavy (non-hydrogen) atoms. The molecular formula is C22H29N3OS. The van der Waals surface area contributed by atoms with E-state index in [9.17, 15) is 0 Å². The minimum atomic E-state index is 0.117. The molecule has 0 spiro atoms. The number of pyridine rings is 1. The summed E-state index contributed by atoms with van der Waals surface area (Å²) < 4.78 is 5.52. The first-order valence-corrected chi connectivity index (χ1v) is 10.9. The zero-order valence-corrected chi connectivity index (χ0v) is 17.1. The van der Waals surface area contributed by atoms with Crippen molar-refractivity contribution in [2.24, 2.45) is 0 Å². The van der Waals surface area contributed by atoms with Gasteiger partial charge in [-0.15, -0.1) is 11.8 Å². The highest BCUT2D eigenvalue weighted by Crippen LogP contribution is 2.42. The Hall–Kier alpha value is -1.72. The molecular weight excluding hydrogens is 354 g/mol. The third kappa shape index (κ3) is 4.09. The van der Waals surface area contributed by atoms with Crippen molar-refractivity contribution in [1.82, 2.24) is 10.3 Å². The number of methoxy groups -OCH3 is 1. The lowest BCUT2D eigenvalue weighted by atomic mass is 9.88. The highest BCUT2D eigenvalue weighted by atomic mass is 32.2. The van der Waals surface area contributed by atoms with Gasteiger partial charge in [0, 0.05) is 42.0 Å². The minimum Gasteiger partial charge on any atom is -0.493 e. The van der Waals surface area contributed by atoms with Crippen LogP contribution in [0.1, 0.15) is 37.7 Å². The van der Waals surface area contributed by atoms with Gasteiger partial charge in [-0.2, -0.15) is 0 Å². The predicted octanol–water partition coefficient (Wildman–Crippen LogP) is 4.32. The number of benzene rings is 1. The van der Waals surface area contributed by atoms with Crippen molar-refractivity contribution in [3.8, 4) is 5.75 Å². The average molecular weight is 384 g/mol. The van der Waals surface area contributed by atoms with Gasteiger partial charge in [0.15, 0.2) is 11.6 Å². The molecule has 1 fully saturated rings. The number of anilines is 1. The zero-order valence-electron chi connectivity index (χ0n) is 16.3. The van der Waals surface area contributed by atoms with Crippen LogP contribution in [0.25, 0.3) is 0 Å². The van der Waals surface area contributed by atoms with E-state index >= 15 is 0 Å². The van der Waals surface area contributed by atoms with E-state index in [0.29, 0.717) is 5.92 Å². The molecule has 1 aromatic carbocycles. The second kappa shape index (κ2) is 8.11. The lowest BCUT2D eigenvalue weighted by Gasteiger charge is -2.42. The lowest BCUT2D eigenvalue weighted by Crippen LogP contribution is -2.59. The summed E-state index contributed by atoms with van der Waals surface area (Å²) in [6.07, 6.45) is 5.55. The van der Waals surface area contributed by atoms with Gasteiger partial charge in [0.05, 0.1) is 7.11 Å². The Kier molecular flexibility index (Phi) is 5.60. The molecule has 0 amide bonds. The van der Waals surface area contributed by atoms with E-state index in [1.54, 1.807) is 12.7 Å². The van der Waals surface area contributed by atoms with E-state index in [2.05, 4.69) is 46.4 Å². The molecule has 2 atom stereocenters. The van der Waals surface area contributed by atoms with E-state index in [4.69, 9.17) is 4.74 Å². The second-order valence-corrected chi connectivity index (χ2v) is 8.94. The second-order valence-electron chi connectivity index (χ2n) is 7.88. The lowest BCUT2D eigenvalue weighted by molar-refractivity contribution is 0.290. The number of nitrogens with one attached hydrogen (secondary N) is 1. The van der Waals surface area contributed by atoms with Gasteiger partial charge in [-0.1, -0.05) is 24.6 Å². The van der Waals surface area contributed by atoms with Gasteiger partial charge < -0.3 is 15.0 Å². The van der Waals surface area contributed by atoms with Crippen LogP contribution in [-0.4, -0.2) is 43.0 Å². The molecule has 1 aromatic heterocycles. The third-order valence-corrected chi connectivity index (χ3v) is 7.08. The predicted molar refractivity (Wildman–Crippen MR) is 113 cm³/mol. The fraction of sp³-hybridized carbons (Fsp3) is 0.500. The average Bonchev–Trinajstić information content (AvgIpc) is 3.11. The van der Waals surface area contributed by atoms with Crippen LogP contribution >= 0.6 is 11.8 Å². The normalized spacial score (nSPS) is 24.7. The Balaban J connectivity index is 1.36. The number of thioether (sulfide) groups is 1. The van der Waals surface area contributed by atoms with Crippen LogP contribution in [0.4, 0.5) is 5.82 Å². The van der Waals surface area contributed by atoms with E-state index in [1.165, 1.54) is 29.9 Å². The summed E-state index contributed by atoms with van der Waals surface area (Å²) in [4.78, 5) is 8.43. The maximum atomic E-state index is 5.52. The van der Waals surface area contributed by atoms with Gasteiger partial charge in [-0.25, -0.2) is 4.98 Å². The fourth-order valence-corrected chi connectivity index (χ4v) is 5.69. The smallest absolute Gasteiger partial charge is 0.171 e. The Bertz CT molecular complexity index is 784. The molecule has 4 nitrogen and oxygen atoms in total. The number of ether oxygens (including phenoxy) is 1. The van der Waals surface area contributed by atoms with Crippen molar-refractivity contribution in [3.63, 3.8) is 0 Å². The number of fused-ring (bicyclic) bond motifs is 1. The quantitative estimate of drug-likeness (QED) is 0.804. The van der Waals surface area contributed by atoms with Crippen LogP contribution in [0.15, 0.2) is 47.5 Å². The van der Waals surface area contributed by atoms with E-state index < -0.39 is 0 Å². The van der Waals surface area contributed by atoms with Crippen molar-refractivity contribution in [1.29, 1.82) is 0 Å². The summed E-state index contributed by atoms with van der Waals surface area (Å²) in [7, 11) is 1.72. The Morgan fingerprint density at radius 1 is 1.30 bits per heavy atom. The molecule has 2 aliphatic heterocycles. The maximum absolute atomic E-state index is 5.52. The van der Waals surface area contributed by atoms with Crippen LogP contribution in [0, 0.1) is 0 Å². The number of hydrogen-bond donors (Lipinski definition) is 1. The Labute approximate surface area is 166 Å². The van der Waals surface area contributed by atoms with Crippen LogP contribution in [0.3, 0.4) is 0 Å². The molecule has 0 aliphatic carbocycles. The molecule has 1 saturated heterocycles. The Morgan fingerprint density at radius 3 is 3.07 bits per heavy atom. The van der Waals surface area contributed by atoms with Crippen molar-refractivity contribution >= 4 is 17.6 Å². The first-order chi connectivity index (χ1) is 13.2. The molecule has 144 valence electrons. The standard InChI is InChI=1S/C22H29N3OS/c1-22(11-5-7-17-15-27-20-10-4-3-8-18(17)20)16-25(14-13-24-22)21-19(26-2)9-6-12-23-21/h3-4,6,8-10,12,17,24H,5,7,11,13-16H2,1-2H3. The largest absolute Gasteiger partial charge is 0.493 e. The van der Waals surface area contributed by atoms with Gasteiger partial charge in [0.25, 0.3) is 0 Å². The molecule has 0 saturated carbocycles. The number of aromatic nitrogens is 1. The summed E-state index contributed by atoms with van der Waals surface area (Å²) >= 11 is 2.02. The van der Waals surface area contributed by atoms with Crippen LogP contribution in [-0.2, 0) is 0 Å². The van der Waals surface area contributed by atoms with Crippen molar-refractivity contribution in [3.05, 3.63) is 48.2 Å². The van der Waals surface area contributed by atoms with Crippen LogP contribution in [0.5, 0.6) is 5.75 Å². The number of nitrogens with zero attached hydrogens (tertiary/aromatic N) is 2. The summed E-state index contributed by atoms with van der Waals surface area (Å²) in [6.45, 7) is 5.27. The van der Waals surface area contributed by atoms with Gasteiger partial charge in [-0.05, 0) is 49.4 Å². The molecule has 2 unspecified atom stereocenters. The summed E-state index contributed by atoms with van der Waals surface area (Å²) in [5.41, 5.74) is 1.68. The number of rotatable bonds is 6. The molecule has 2 aromatic rings. The van der Waals surface area contributed by atoms with Gasteiger partial charge >= 0.3 is 0 Å². The monoisotopic (exact) mass is 383 g/mol. The van der Waals surface area contributed by atoms with Gasteiger partial charge in [-0.3, -0.25) is 0 Å². The van der Waals surface area contributed by atoms with Crippen molar-refractivity contribution in [2.45, 2.75) is 42.5 Å². The van der Waals surface area contributed by atoms with Gasteiger partial charge in [0.1, 0.15) is 0 Å². The fourth-order valence-electron chi connectivity index (χ4n) is 4.38. The highest BCUT2D eigenvalue weighted by molar-refractivity contribution is 7.99. The summed E-state index contributed by atoms with van der Waals surface area (Å²) in [6, 6.07) is 12.8. The molecule has 0 bridgehead atoms. The summed E-state index contributed by atoms with van der Waals surface area (Å²) in [5.74, 6) is 3.78. The molecule has 2 aliphatic rings. The molecule has 4 rings (SSSR count). The van der Waals surface area contributed by atoms with Gasteiger partial charge in [0.2, 0.25) is 0 Å². The first-order valence-electron chi connectivity index (χ1n) is 9.89. The Morgan fingerprint density at radius 2 is 2.19 bits per heavy atom. The van der Waals surface area contributed by atoms with Crippen molar-refractivity contribution in [2.75, 3.05) is 37.4 Å². The molecule has 0 radical (unpaired) electrons. The molecule has 5 heteroatoms. The number of hydrogen-bond acceptors (Lipinski definition) is 5. The molecule has 3 heterocycles. The molecule has 1 N–H and O–H groups in total. The van der Waals surface area contributed by atoms with E-state index in [0.717, 1.165) is 31.2 Å². The van der Waals surface area contributed by atoms with E-state index in [-0.39, 0.29) is 5.54 Å². The highest BCUT2D eigenvalue weighted by Gasteiger charge is 2.32. The minimum absolute atomic E-state index is 0.117. The topological polar surface area (TPSA) is 37.4 Å². The maximum Gasteiger partial charge on any atom is 0.171 e. The van der Waals surface area contributed by atoms with E-state index in [1.807, 2.05) is 30.1 Å². The number of piperazine rings is 1. The third-order valence-electron chi connectivity index (χ3n) is 5.82. The van der Waals surface area contributed by atoms with Crippen molar-refractivity contribution < 1.29 is 4.74 Å². The SMILES string of the molecule is COc1cccnc1N1CCNC(C)(CCCC2CSc3ccccc32)C1. The van der Waals surface area contributed by atoms with Crippen LogP contribution in [0.2, 0.25) is 0 Å².